The second-order valence-electron chi connectivity index (χ2n) is 4.05. The highest BCUT2D eigenvalue weighted by molar-refractivity contribution is 7.99. The Bertz CT molecular complexity index is 601. The first-order valence-corrected chi connectivity index (χ1v) is 7.18. The summed E-state index contributed by atoms with van der Waals surface area (Å²) in [6.07, 6.45) is 1.48. The first kappa shape index (κ1) is 13.5. The van der Waals surface area contributed by atoms with Crippen molar-refractivity contribution in [3.63, 3.8) is 0 Å². The highest BCUT2D eigenvalue weighted by Crippen LogP contribution is 2.24. The number of morpholine rings is 1. The molecular formula is C10H12ClN7OS. The topological polar surface area (TPSA) is 81.9 Å². The first-order chi connectivity index (χ1) is 9.72. The lowest BCUT2D eigenvalue weighted by atomic mass is 10.4. The van der Waals surface area contributed by atoms with Gasteiger partial charge in [-0.25, -0.2) is 9.67 Å². The van der Waals surface area contributed by atoms with Gasteiger partial charge in [-0.15, -0.1) is 0 Å². The molecule has 20 heavy (non-hydrogen) atoms. The molecule has 2 aromatic heterocycles. The molecular weight excluding hydrogens is 302 g/mol. The Morgan fingerprint density at radius 1 is 1.25 bits per heavy atom. The molecule has 1 fully saturated rings. The molecule has 0 radical (unpaired) electrons. The highest BCUT2D eigenvalue weighted by atomic mass is 35.5. The van der Waals surface area contributed by atoms with Crippen LogP contribution >= 0.6 is 23.4 Å². The van der Waals surface area contributed by atoms with E-state index in [1.54, 1.807) is 11.7 Å². The number of aryl methyl sites for hydroxylation is 1. The molecule has 0 N–H and O–H groups in total. The number of hydrogen-bond acceptors (Lipinski definition) is 8. The average molecular weight is 314 g/mol. The van der Waals surface area contributed by atoms with Gasteiger partial charge in [-0.05, 0) is 23.4 Å². The van der Waals surface area contributed by atoms with Crippen molar-refractivity contribution in [1.82, 2.24) is 29.7 Å². The third-order valence-corrected chi connectivity index (χ3v) is 3.81. The van der Waals surface area contributed by atoms with Crippen LogP contribution in [0.1, 0.15) is 0 Å². The number of aromatic nitrogens is 6. The third-order valence-electron chi connectivity index (χ3n) is 2.72. The zero-order valence-electron chi connectivity index (χ0n) is 10.7. The Kier molecular flexibility index (Phi) is 3.99. The van der Waals surface area contributed by atoms with Crippen LogP contribution < -0.4 is 4.90 Å². The van der Waals surface area contributed by atoms with Gasteiger partial charge >= 0.3 is 0 Å². The van der Waals surface area contributed by atoms with Gasteiger partial charge in [-0.2, -0.15) is 20.1 Å². The molecule has 3 rings (SSSR count). The van der Waals surface area contributed by atoms with Crippen molar-refractivity contribution in [2.24, 2.45) is 7.05 Å². The van der Waals surface area contributed by atoms with E-state index in [-0.39, 0.29) is 5.28 Å². The molecule has 0 amide bonds. The maximum atomic E-state index is 5.97. The SMILES string of the molecule is Cn1ncnc1Sc1nc(Cl)nc(N2CCOCC2)n1. The molecule has 1 aliphatic rings. The fourth-order valence-corrected chi connectivity index (χ4v) is 2.64. The standard InChI is InChI=1S/C10H12ClN7OS/c1-17-10(12-6-13-17)20-9-15-7(11)14-8(16-9)18-2-4-19-5-3-18/h6H,2-5H2,1H3. The molecule has 0 unspecified atom stereocenters. The van der Waals surface area contributed by atoms with Crippen LogP contribution in [-0.4, -0.2) is 56.0 Å². The maximum absolute atomic E-state index is 5.97. The first-order valence-electron chi connectivity index (χ1n) is 5.98. The molecule has 0 atom stereocenters. The fraction of sp³-hybridized carbons (Fsp3) is 0.500. The van der Waals surface area contributed by atoms with E-state index in [0.717, 1.165) is 13.1 Å². The molecule has 0 aromatic carbocycles. The van der Waals surface area contributed by atoms with Gasteiger partial charge in [0.1, 0.15) is 6.33 Å². The number of nitrogens with zero attached hydrogens (tertiary/aromatic N) is 7. The predicted octanol–water partition coefficient (Wildman–Crippen LogP) is 0.641. The van der Waals surface area contributed by atoms with Crippen LogP contribution in [0, 0.1) is 0 Å². The summed E-state index contributed by atoms with van der Waals surface area (Å²) in [5, 5.41) is 5.37. The normalized spacial score (nSPS) is 15.6. The van der Waals surface area contributed by atoms with E-state index in [4.69, 9.17) is 16.3 Å². The lowest BCUT2D eigenvalue weighted by Crippen LogP contribution is -2.37. The summed E-state index contributed by atoms with van der Waals surface area (Å²) >= 11 is 7.27. The van der Waals surface area contributed by atoms with Crippen LogP contribution in [0.25, 0.3) is 0 Å². The van der Waals surface area contributed by atoms with Crippen LogP contribution in [0.4, 0.5) is 5.95 Å². The molecule has 0 aliphatic carbocycles. The van der Waals surface area contributed by atoms with E-state index >= 15 is 0 Å². The second kappa shape index (κ2) is 5.90. The van der Waals surface area contributed by atoms with Crippen molar-refractivity contribution in [2.45, 2.75) is 10.3 Å². The Hall–Kier alpha value is -1.45. The number of rotatable bonds is 3. The molecule has 0 spiro atoms. The van der Waals surface area contributed by atoms with Gasteiger partial charge in [0.2, 0.25) is 16.4 Å². The van der Waals surface area contributed by atoms with Crippen molar-refractivity contribution in [2.75, 3.05) is 31.2 Å². The van der Waals surface area contributed by atoms with Gasteiger partial charge in [-0.1, -0.05) is 0 Å². The Morgan fingerprint density at radius 2 is 2.05 bits per heavy atom. The largest absolute Gasteiger partial charge is 0.378 e. The number of hydrogen-bond donors (Lipinski definition) is 0. The third kappa shape index (κ3) is 3.00. The van der Waals surface area contributed by atoms with Gasteiger partial charge in [0.05, 0.1) is 13.2 Å². The minimum absolute atomic E-state index is 0.172. The summed E-state index contributed by atoms with van der Waals surface area (Å²) in [4.78, 5) is 18.8. The highest BCUT2D eigenvalue weighted by Gasteiger charge is 2.17. The number of anilines is 1. The molecule has 10 heteroatoms. The van der Waals surface area contributed by atoms with Crippen LogP contribution in [0.3, 0.4) is 0 Å². The van der Waals surface area contributed by atoms with Crippen molar-refractivity contribution in [3.05, 3.63) is 11.6 Å². The monoisotopic (exact) mass is 313 g/mol. The van der Waals surface area contributed by atoms with Crippen molar-refractivity contribution < 1.29 is 4.74 Å². The van der Waals surface area contributed by atoms with Gasteiger partial charge < -0.3 is 9.64 Å². The molecule has 106 valence electrons. The van der Waals surface area contributed by atoms with Gasteiger partial charge in [-0.3, -0.25) is 0 Å². The molecule has 2 aromatic rings. The lowest BCUT2D eigenvalue weighted by molar-refractivity contribution is 0.122. The zero-order chi connectivity index (χ0) is 13.9. The lowest BCUT2D eigenvalue weighted by Gasteiger charge is -2.26. The average Bonchev–Trinajstić information content (AvgIpc) is 2.85. The van der Waals surface area contributed by atoms with Gasteiger partial charge in [0, 0.05) is 20.1 Å². The van der Waals surface area contributed by atoms with E-state index < -0.39 is 0 Å². The summed E-state index contributed by atoms with van der Waals surface area (Å²) in [6.45, 7) is 2.81. The molecule has 1 aliphatic heterocycles. The maximum Gasteiger partial charge on any atom is 0.230 e. The van der Waals surface area contributed by atoms with E-state index in [9.17, 15) is 0 Å². The van der Waals surface area contributed by atoms with E-state index in [2.05, 4.69) is 25.0 Å². The molecule has 1 saturated heterocycles. The summed E-state index contributed by atoms with van der Waals surface area (Å²) in [5.74, 6) is 0.568. The second-order valence-corrected chi connectivity index (χ2v) is 5.33. The number of halogens is 1. The number of ether oxygens (including phenoxy) is 1. The van der Waals surface area contributed by atoms with Gasteiger partial charge in [0.15, 0.2) is 5.16 Å². The van der Waals surface area contributed by atoms with Crippen LogP contribution in [0.2, 0.25) is 5.28 Å². The van der Waals surface area contributed by atoms with Gasteiger partial charge in [0.25, 0.3) is 0 Å². The van der Waals surface area contributed by atoms with E-state index in [1.807, 2.05) is 4.90 Å². The van der Waals surface area contributed by atoms with Crippen molar-refractivity contribution in [3.8, 4) is 0 Å². The van der Waals surface area contributed by atoms with Crippen LogP contribution in [-0.2, 0) is 11.8 Å². The summed E-state index contributed by atoms with van der Waals surface area (Å²) in [7, 11) is 1.81. The molecule has 8 nitrogen and oxygen atoms in total. The van der Waals surface area contributed by atoms with Crippen molar-refractivity contribution >= 4 is 29.3 Å². The molecule has 0 bridgehead atoms. The zero-order valence-corrected chi connectivity index (χ0v) is 12.3. The minimum atomic E-state index is 0.172. The Morgan fingerprint density at radius 3 is 2.75 bits per heavy atom. The summed E-state index contributed by atoms with van der Waals surface area (Å²) < 4.78 is 6.96. The Labute approximate surface area is 124 Å². The summed E-state index contributed by atoms with van der Waals surface area (Å²) in [5.41, 5.74) is 0. The smallest absolute Gasteiger partial charge is 0.230 e. The quantitative estimate of drug-likeness (QED) is 0.816. The van der Waals surface area contributed by atoms with Crippen LogP contribution in [0.15, 0.2) is 16.6 Å². The van der Waals surface area contributed by atoms with E-state index in [1.165, 1.54) is 18.1 Å². The fourth-order valence-electron chi connectivity index (χ4n) is 1.73. The minimum Gasteiger partial charge on any atom is -0.378 e. The predicted molar refractivity (Wildman–Crippen MR) is 73.0 cm³/mol. The molecule has 3 heterocycles. The Balaban J connectivity index is 1.84. The summed E-state index contributed by atoms with van der Waals surface area (Å²) in [6, 6.07) is 0. The molecule has 0 saturated carbocycles. The van der Waals surface area contributed by atoms with Crippen LogP contribution in [0.5, 0.6) is 0 Å². The van der Waals surface area contributed by atoms with Crippen molar-refractivity contribution in [1.29, 1.82) is 0 Å². The van der Waals surface area contributed by atoms with E-state index in [0.29, 0.717) is 29.5 Å².